The van der Waals surface area contributed by atoms with E-state index in [-0.39, 0.29) is 35.5 Å². The quantitative estimate of drug-likeness (QED) is 0.742. The van der Waals surface area contributed by atoms with E-state index in [1.807, 2.05) is 0 Å². The number of ether oxygens (including phenoxy) is 1. The predicted molar refractivity (Wildman–Crippen MR) is 73.9 cm³/mol. The first-order valence-electron chi connectivity index (χ1n) is 7.42. The van der Waals surface area contributed by atoms with Crippen LogP contribution < -0.4 is 5.56 Å². The zero-order valence-electron chi connectivity index (χ0n) is 11.9. The number of rotatable bonds is 1. The molecule has 0 radical (unpaired) electrons. The molecule has 4 rings (SSSR count). The summed E-state index contributed by atoms with van der Waals surface area (Å²) in [6, 6.07) is -0.276. The minimum Gasteiger partial charge on any atom is -0.353 e. The minimum atomic E-state index is -0.660. The van der Waals surface area contributed by atoms with Gasteiger partial charge < -0.3 is 19.5 Å². The molecule has 0 aliphatic carbocycles. The fourth-order valence-corrected chi connectivity index (χ4v) is 3.80. The van der Waals surface area contributed by atoms with Crippen LogP contribution in [0.25, 0.3) is 0 Å². The molecular formula is C14H16N4O4. The summed E-state index contributed by atoms with van der Waals surface area (Å²) in [5.74, 6) is -0.237. The van der Waals surface area contributed by atoms with Gasteiger partial charge in [-0.2, -0.15) is 0 Å². The topological polar surface area (TPSA) is 95.6 Å². The van der Waals surface area contributed by atoms with E-state index in [0.29, 0.717) is 26.1 Å². The molecular weight excluding hydrogens is 288 g/mol. The molecule has 116 valence electrons. The molecule has 1 spiro atoms. The van der Waals surface area contributed by atoms with Crippen molar-refractivity contribution in [1.29, 1.82) is 0 Å². The Labute approximate surface area is 126 Å². The van der Waals surface area contributed by atoms with Crippen molar-refractivity contribution in [2.45, 2.75) is 31.0 Å². The van der Waals surface area contributed by atoms with E-state index in [4.69, 9.17) is 4.74 Å². The van der Waals surface area contributed by atoms with E-state index in [1.54, 1.807) is 9.80 Å². The molecule has 1 aromatic heterocycles. The molecule has 2 atom stereocenters. The summed E-state index contributed by atoms with van der Waals surface area (Å²) >= 11 is 0. The van der Waals surface area contributed by atoms with Gasteiger partial charge in [0.2, 0.25) is 5.91 Å². The average molecular weight is 304 g/mol. The molecule has 3 aliphatic heterocycles. The second-order valence-electron chi connectivity index (χ2n) is 5.86. The first-order chi connectivity index (χ1) is 10.6. The summed E-state index contributed by atoms with van der Waals surface area (Å²) < 4.78 is 5.95. The molecule has 3 saturated heterocycles. The summed E-state index contributed by atoms with van der Waals surface area (Å²) in [6.45, 7) is 1.82. The molecule has 0 saturated carbocycles. The van der Waals surface area contributed by atoms with Gasteiger partial charge in [0, 0.05) is 25.7 Å². The van der Waals surface area contributed by atoms with E-state index in [9.17, 15) is 14.4 Å². The third kappa shape index (κ3) is 1.73. The zero-order chi connectivity index (χ0) is 15.3. The molecule has 4 heterocycles. The van der Waals surface area contributed by atoms with Crippen molar-refractivity contribution < 1.29 is 14.3 Å². The van der Waals surface area contributed by atoms with Gasteiger partial charge in [-0.05, 0) is 6.42 Å². The monoisotopic (exact) mass is 304 g/mol. The van der Waals surface area contributed by atoms with E-state index in [2.05, 4.69) is 9.97 Å². The molecule has 3 aliphatic rings. The van der Waals surface area contributed by atoms with Crippen molar-refractivity contribution in [3.05, 3.63) is 28.4 Å². The molecule has 3 fully saturated rings. The van der Waals surface area contributed by atoms with Gasteiger partial charge in [0.05, 0.1) is 25.3 Å². The molecule has 22 heavy (non-hydrogen) atoms. The van der Waals surface area contributed by atoms with Crippen molar-refractivity contribution >= 4 is 11.8 Å². The standard InChI is InChI=1S/C14H16N4O4/c19-11-8-15-9(7-16-11)13(21)17-4-2-14-10(17)6-12(20)18(14)3-1-5-22-14/h7-8,10H,1-6H2,(H,16,19)/t10-,14+/m1/s1. The summed E-state index contributed by atoms with van der Waals surface area (Å²) in [5.41, 5.74) is -0.835. The highest BCUT2D eigenvalue weighted by Gasteiger charge is 2.61. The average Bonchev–Trinajstić information content (AvgIpc) is 3.00. The Bertz CT molecular complexity index is 682. The van der Waals surface area contributed by atoms with Crippen LogP contribution >= 0.6 is 0 Å². The van der Waals surface area contributed by atoms with Crippen LogP contribution in [0.5, 0.6) is 0 Å². The van der Waals surface area contributed by atoms with Gasteiger partial charge >= 0.3 is 0 Å². The summed E-state index contributed by atoms with van der Waals surface area (Å²) in [6.07, 6.45) is 4.14. The normalized spacial score (nSPS) is 30.4. The highest BCUT2D eigenvalue weighted by molar-refractivity contribution is 5.93. The Morgan fingerprint density at radius 2 is 2.27 bits per heavy atom. The third-order valence-electron chi connectivity index (χ3n) is 4.76. The Balaban J connectivity index is 1.65. The predicted octanol–water partition coefficient (Wildman–Crippen LogP) is -0.667. The Hall–Kier alpha value is -2.22. The van der Waals surface area contributed by atoms with Crippen LogP contribution in [0.1, 0.15) is 29.8 Å². The van der Waals surface area contributed by atoms with Crippen LogP contribution in [0, 0.1) is 0 Å². The van der Waals surface area contributed by atoms with Crippen LogP contribution in [-0.4, -0.2) is 63.0 Å². The maximum Gasteiger partial charge on any atom is 0.274 e. The van der Waals surface area contributed by atoms with E-state index in [1.165, 1.54) is 6.20 Å². The van der Waals surface area contributed by atoms with E-state index >= 15 is 0 Å². The maximum absolute atomic E-state index is 12.6. The molecule has 0 bridgehead atoms. The fraction of sp³-hybridized carbons (Fsp3) is 0.571. The van der Waals surface area contributed by atoms with Crippen molar-refractivity contribution in [3.8, 4) is 0 Å². The number of hydrogen-bond donors (Lipinski definition) is 1. The largest absolute Gasteiger partial charge is 0.353 e. The third-order valence-corrected chi connectivity index (χ3v) is 4.76. The Kier molecular flexibility index (Phi) is 2.83. The van der Waals surface area contributed by atoms with Crippen LogP contribution in [0.4, 0.5) is 0 Å². The lowest BCUT2D eigenvalue weighted by Gasteiger charge is -2.42. The maximum atomic E-state index is 12.6. The number of nitrogens with one attached hydrogen (secondary N) is 1. The second-order valence-corrected chi connectivity index (χ2v) is 5.86. The fourth-order valence-electron chi connectivity index (χ4n) is 3.80. The van der Waals surface area contributed by atoms with E-state index < -0.39 is 5.72 Å². The van der Waals surface area contributed by atoms with Crippen LogP contribution in [0.3, 0.4) is 0 Å². The Morgan fingerprint density at radius 1 is 1.41 bits per heavy atom. The van der Waals surface area contributed by atoms with Gasteiger partial charge in [-0.15, -0.1) is 0 Å². The molecule has 8 nitrogen and oxygen atoms in total. The van der Waals surface area contributed by atoms with Gasteiger partial charge in [0.25, 0.3) is 11.5 Å². The number of H-pyrrole nitrogens is 1. The first-order valence-corrected chi connectivity index (χ1v) is 7.42. The van der Waals surface area contributed by atoms with Crippen LogP contribution in [0.2, 0.25) is 0 Å². The molecule has 1 N–H and O–H groups in total. The Morgan fingerprint density at radius 3 is 3.05 bits per heavy atom. The van der Waals surface area contributed by atoms with E-state index in [0.717, 1.165) is 12.6 Å². The van der Waals surface area contributed by atoms with Crippen molar-refractivity contribution in [1.82, 2.24) is 19.8 Å². The van der Waals surface area contributed by atoms with Gasteiger partial charge in [-0.3, -0.25) is 14.4 Å². The van der Waals surface area contributed by atoms with Crippen molar-refractivity contribution in [2.24, 2.45) is 0 Å². The van der Waals surface area contributed by atoms with Crippen molar-refractivity contribution in [3.63, 3.8) is 0 Å². The molecule has 2 amide bonds. The number of nitrogens with zero attached hydrogens (tertiary/aromatic N) is 3. The summed E-state index contributed by atoms with van der Waals surface area (Å²) in [4.78, 5) is 45.7. The summed E-state index contributed by atoms with van der Waals surface area (Å²) in [7, 11) is 0. The van der Waals surface area contributed by atoms with Crippen molar-refractivity contribution in [2.75, 3.05) is 19.7 Å². The number of aromatic nitrogens is 2. The molecule has 1 aromatic rings. The highest BCUT2D eigenvalue weighted by Crippen LogP contribution is 2.45. The van der Waals surface area contributed by atoms with Gasteiger partial charge in [-0.1, -0.05) is 0 Å². The SMILES string of the molecule is O=C(c1c[nH]c(=O)cn1)N1CC[C@@]23OCCCN2C(=O)C[C@@H]13. The summed E-state index contributed by atoms with van der Waals surface area (Å²) in [5, 5.41) is 0. The highest BCUT2D eigenvalue weighted by atomic mass is 16.5. The van der Waals surface area contributed by atoms with Gasteiger partial charge in [0.1, 0.15) is 5.69 Å². The van der Waals surface area contributed by atoms with Crippen LogP contribution in [-0.2, 0) is 9.53 Å². The first kappa shape index (κ1) is 13.4. The van der Waals surface area contributed by atoms with Gasteiger partial charge in [-0.25, -0.2) is 4.98 Å². The number of hydrogen-bond acceptors (Lipinski definition) is 5. The minimum absolute atomic E-state index is 0.0385. The molecule has 8 heteroatoms. The lowest BCUT2D eigenvalue weighted by molar-refractivity contribution is -0.179. The smallest absolute Gasteiger partial charge is 0.274 e. The number of aromatic amines is 1. The molecule has 0 unspecified atom stereocenters. The number of amides is 2. The number of carbonyl (C=O) groups is 2. The van der Waals surface area contributed by atoms with Gasteiger partial charge in [0.15, 0.2) is 5.72 Å². The lowest BCUT2D eigenvalue weighted by Crippen LogP contribution is -2.56. The number of carbonyl (C=O) groups excluding carboxylic acids is 2. The lowest BCUT2D eigenvalue weighted by atomic mass is 10.0. The number of likely N-dealkylation sites (tertiary alicyclic amines) is 1. The van der Waals surface area contributed by atoms with Crippen LogP contribution in [0.15, 0.2) is 17.2 Å². The molecule has 0 aromatic carbocycles. The second kappa shape index (κ2) is 4.64. The zero-order valence-corrected chi connectivity index (χ0v) is 11.9.